The Labute approximate surface area is 164 Å². The number of ether oxygens (including phenoxy) is 3. The van der Waals surface area contributed by atoms with E-state index in [2.05, 4.69) is 6.58 Å². The quantitative estimate of drug-likeness (QED) is 0.527. The summed E-state index contributed by atoms with van der Waals surface area (Å²) in [6.07, 6.45) is 0.260. The average Bonchev–Trinajstić information content (AvgIpc) is 2.99. The molecule has 0 saturated carbocycles. The number of hydrogen-bond donors (Lipinski definition) is 0. The monoisotopic (exact) mass is 390 g/mol. The van der Waals surface area contributed by atoms with E-state index in [1.54, 1.807) is 13.0 Å². The van der Waals surface area contributed by atoms with Crippen LogP contribution in [0.15, 0.2) is 23.8 Å². The fourth-order valence-electron chi connectivity index (χ4n) is 4.18. The Bertz CT molecular complexity index is 765. The number of esters is 2. The first-order chi connectivity index (χ1) is 13.1. The summed E-state index contributed by atoms with van der Waals surface area (Å²) in [5.74, 6) is -1.47. The normalized spacial score (nSPS) is 36.0. The van der Waals surface area contributed by atoms with Crippen LogP contribution >= 0.6 is 0 Å². The van der Waals surface area contributed by atoms with Gasteiger partial charge >= 0.3 is 11.9 Å². The van der Waals surface area contributed by atoms with Gasteiger partial charge in [-0.25, -0.2) is 4.79 Å². The summed E-state index contributed by atoms with van der Waals surface area (Å²) in [5.41, 5.74) is 0.181. The molecular formula is C21H26O7. The second-order valence-corrected chi connectivity index (χ2v) is 8.26. The van der Waals surface area contributed by atoms with Gasteiger partial charge in [0.2, 0.25) is 0 Å². The van der Waals surface area contributed by atoms with Gasteiger partial charge in [-0.3, -0.25) is 14.4 Å². The minimum absolute atomic E-state index is 0.0343. The molecule has 0 aromatic carbocycles. The van der Waals surface area contributed by atoms with Gasteiger partial charge in [0.25, 0.3) is 0 Å². The maximum atomic E-state index is 12.5. The van der Waals surface area contributed by atoms with Crippen LogP contribution in [0.1, 0.15) is 52.9 Å². The van der Waals surface area contributed by atoms with Crippen molar-refractivity contribution in [2.24, 2.45) is 5.92 Å². The first-order valence-electron chi connectivity index (χ1n) is 9.54. The molecule has 0 radical (unpaired) electrons. The average molecular weight is 390 g/mol. The zero-order chi connectivity index (χ0) is 20.6. The summed E-state index contributed by atoms with van der Waals surface area (Å²) in [6.45, 7) is 8.79. The summed E-state index contributed by atoms with van der Waals surface area (Å²) >= 11 is 0. The number of carbonyl (C=O) groups excluding carboxylic acids is 4. The van der Waals surface area contributed by atoms with Crippen molar-refractivity contribution >= 4 is 23.5 Å². The lowest BCUT2D eigenvalue weighted by Gasteiger charge is -2.28. The molecule has 0 amide bonds. The lowest BCUT2D eigenvalue weighted by Crippen LogP contribution is -2.37. The molecule has 4 bridgehead atoms. The van der Waals surface area contributed by atoms with E-state index >= 15 is 0 Å². The largest absolute Gasteiger partial charge is 0.454 e. The molecular weight excluding hydrogens is 364 g/mol. The van der Waals surface area contributed by atoms with Gasteiger partial charge in [0, 0.05) is 32.6 Å². The molecule has 3 aliphatic rings. The molecule has 0 aromatic heterocycles. The van der Waals surface area contributed by atoms with E-state index in [9.17, 15) is 19.2 Å². The fourth-order valence-corrected chi connectivity index (χ4v) is 4.18. The maximum absolute atomic E-state index is 12.5. The minimum Gasteiger partial charge on any atom is -0.454 e. The Morgan fingerprint density at radius 1 is 1.25 bits per heavy atom. The van der Waals surface area contributed by atoms with Crippen molar-refractivity contribution in [1.29, 1.82) is 0 Å². The van der Waals surface area contributed by atoms with Crippen molar-refractivity contribution in [2.75, 3.05) is 0 Å². The van der Waals surface area contributed by atoms with E-state index in [1.807, 2.05) is 6.92 Å². The van der Waals surface area contributed by atoms with Crippen LogP contribution < -0.4 is 0 Å². The third-order valence-corrected chi connectivity index (χ3v) is 5.60. The van der Waals surface area contributed by atoms with Gasteiger partial charge in [-0.2, -0.15) is 0 Å². The van der Waals surface area contributed by atoms with Crippen LogP contribution in [0.5, 0.6) is 0 Å². The van der Waals surface area contributed by atoms with Gasteiger partial charge in [0.15, 0.2) is 11.9 Å². The van der Waals surface area contributed by atoms with Crippen molar-refractivity contribution in [3.05, 3.63) is 23.8 Å². The zero-order valence-electron chi connectivity index (χ0n) is 16.5. The first-order valence-corrected chi connectivity index (χ1v) is 9.54. The van der Waals surface area contributed by atoms with Crippen LogP contribution in [0.25, 0.3) is 0 Å². The van der Waals surface area contributed by atoms with E-state index in [4.69, 9.17) is 14.2 Å². The molecule has 2 saturated heterocycles. The lowest BCUT2D eigenvalue weighted by atomic mass is 9.87. The minimum atomic E-state index is -0.886. The topological polar surface area (TPSA) is 96.0 Å². The Kier molecular flexibility index (Phi) is 5.57. The first kappa shape index (κ1) is 20.5. The molecule has 3 rings (SSSR count). The summed E-state index contributed by atoms with van der Waals surface area (Å²) in [7, 11) is 0. The van der Waals surface area contributed by atoms with Crippen LogP contribution in [0.4, 0.5) is 0 Å². The highest BCUT2D eigenvalue weighted by atomic mass is 16.6. The summed E-state index contributed by atoms with van der Waals surface area (Å²) in [5, 5.41) is 0. The number of carbonyl (C=O) groups is 4. The van der Waals surface area contributed by atoms with Crippen LogP contribution in [-0.4, -0.2) is 47.4 Å². The van der Waals surface area contributed by atoms with Gasteiger partial charge in [0.05, 0.1) is 11.2 Å². The fraction of sp³-hybridized carbons (Fsp3) is 0.619. The third kappa shape index (κ3) is 4.24. The highest BCUT2D eigenvalue weighted by molar-refractivity contribution is 5.93. The Morgan fingerprint density at radius 3 is 2.61 bits per heavy atom. The standard InChI is InChI=1S/C21H26O7/c1-11(2)13-5-6-15-19(26-12(3)22)18(27-20(15)25)10-21(4)9-16(24)17(28-21)8-14(23)7-13/h6,13,17-19H,1,5,7-10H2,2-4H3/t13-,17+,18+,19-,21+/m1/s1. The van der Waals surface area contributed by atoms with Crippen molar-refractivity contribution < 1.29 is 33.4 Å². The van der Waals surface area contributed by atoms with Crippen LogP contribution in [0.2, 0.25) is 0 Å². The zero-order valence-corrected chi connectivity index (χ0v) is 16.5. The molecule has 3 heterocycles. The SMILES string of the molecule is C=C(C)[C@@H]1CC=C2C(=O)O[C@@H](C[C@]3(C)CC(=O)[C@H](CC(=O)C1)O3)[C@@H]2OC(C)=O. The molecule has 0 spiro atoms. The number of ketones is 2. The van der Waals surface area contributed by atoms with Gasteiger partial charge in [-0.05, 0) is 26.2 Å². The number of hydrogen-bond acceptors (Lipinski definition) is 7. The molecule has 152 valence electrons. The van der Waals surface area contributed by atoms with Crippen molar-refractivity contribution in [2.45, 2.75) is 76.8 Å². The highest BCUT2D eigenvalue weighted by Crippen LogP contribution is 2.39. The Morgan fingerprint density at radius 2 is 1.96 bits per heavy atom. The van der Waals surface area contributed by atoms with E-state index in [1.165, 1.54) is 6.92 Å². The molecule has 2 fully saturated rings. The number of rotatable bonds is 2. The molecule has 0 N–H and O–H groups in total. The molecule has 7 heteroatoms. The van der Waals surface area contributed by atoms with E-state index < -0.39 is 35.9 Å². The predicted molar refractivity (Wildman–Crippen MR) is 98.2 cm³/mol. The Hall–Kier alpha value is -2.28. The van der Waals surface area contributed by atoms with Gasteiger partial charge in [0.1, 0.15) is 18.0 Å². The molecule has 28 heavy (non-hydrogen) atoms. The molecule has 0 unspecified atom stereocenters. The molecule has 5 atom stereocenters. The van der Waals surface area contributed by atoms with Crippen LogP contribution in [-0.2, 0) is 33.4 Å². The van der Waals surface area contributed by atoms with E-state index in [-0.39, 0.29) is 48.7 Å². The molecule has 7 nitrogen and oxygen atoms in total. The summed E-state index contributed by atoms with van der Waals surface area (Å²) in [6, 6.07) is 0. The second-order valence-electron chi connectivity index (χ2n) is 8.26. The number of Topliss-reactive ketones (excluding diaryl/α,β-unsaturated/α-hetero) is 2. The van der Waals surface area contributed by atoms with Gasteiger partial charge < -0.3 is 14.2 Å². The Balaban J connectivity index is 1.99. The smallest absolute Gasteiger partial charge is 0.338 e. The number of allylic oxidation sites excluding steroid dienone is 2. The third-order valence-electron chi connectivity index (χ3n) is 5.60. The second kappa shape index (κ2) is 7.62. The summed E-state index contributed by atoms with van der Waals surface area (Å²) < 4.78 is 16.8. The van der Waals surface area contributed by atoms with E-state index in [0.717, 1.165) is 5.57 Å². The van der Waals surface area contributed by atoms with E-state index in [0.29, 0.717) is 6.42 Å². The maximum Gasteiger partial charge on any atom is 0.338 e. The predicted octanol–water partition coefficient (Wildman–Crippen LogP) is 2.22. The van der Waals surface area contributed by atoms with Crippen LogP contribution in [0.3, 0.4) is 0 Å². The van der Waals surface area contributed by atoms with Gasteiger partial charge in [-0.1, -0.05) is 18.2 Å². The van der Waals surface area contributed by atoms with Crippen molar-refractivity contribution in [3.63, 3.8) is 0 Å². The molecule has 0 aromatic rings. The molecule has 0 aliphatic carbocycles. The lowest BCUT2D eigenvalue weighted by molar-refractivity contribution is -0.155. The van der Waals surface area contributed by atoms with Crippen molar-refractivity contribution in [1.82, 2.24) is 0 Å². The molecule has 3 aliphatic heterocycles. The van der Waals surface area contributed by atoms with Gasteiger partial charge in [-0.15, -0.1) is 0 Å². The summed E-state index contributed by atoms with van der Waals surface area (Å²) in [4.78, 5) is 49.0. The van der Waals surface area contributed by atoms with Crippen LogP contribution in [0, 0.1) is 5.92 Å². The number of fused-ring (bicyclic) bond motifs is 4. The highest BCUT2D eigenvalue weighted by Gasteiger charge is 2.50. The van der Waals surface area contributed by atoms with Crippen molar-refractivity contribution in [3.8, 4) is 0 Å².